The summed E-state index contributed by atoms with van der Waals surface area (Å²) < 4.78 is 0. The van der Waals surface area contributed by atoms with E-state index in [0.29, 0.717) is 6.04 Å². The molecule has 0 bridgehead atoms. The Labute approximate surface area is 117 Å². The van der Waals surface area contributed by atoms with Crippen molar-refractivity contribution in [3.05, 3.63) is 35.4 Å². The van der Waals surface area contributed by atoms with Crippen LogP contribution in [0.25, 0.3) is 0 Å². The van der Waals surface area contributed by atoms with Gasteiger partial charge in [-0.1, -0.05) is 30.7 Å². The van der Waals surface area contributed by atoms with Gasteiger partial charge in [0, 0.05) is 25.2 Å². The van der Waals surface area contributed by atoms with Gasteiger partial charge in [-0.3, -0.25) is 4.90 Å². The Morgan fingerprint density at radius 1 is 1.16 bits per heavy atom. The fourth-order valence-electron chi connectivity index (χ4n) is 4.23. The van der Waals surface area contributed by atoms with Crippen LogP contribution in [0.3, 0.4) is 0 Å². The summed E-state index contributed by atoms with van der Waals surface area (Å²) in [4.78, 5) is 2.65. The molecule has 4 unspecified atom stereocenters. The zero-order valence-corrected chi connectivity index (χ0v) is 12.2. The van der Waals surface area contributed by atoms with Gasteiger partial charge in [-0.25, -0.2) is 0 Å². The van der Waals surface area contributed by atoms with E-state index in [1.54, 1.807) is 0 Å². The van der Waals surface area contributed by atoms with E-state index in [1.165, 1.54) is 43.5 Å². The molecule has 1 aliphatic heterocycles. The minimum atomic E-state index is 0.194. The summed E-state index contributed by atoms with van der Waals surface area (Å²) in [6, 6.07) is 9.33. The van der Waals surface area contributed by atoms with Crippen LogP contribution in [-0.4, -0.2) is 24.0 Å². The fraction of sp³-hybridized carbons (Fsp3) is 0.647. The van der Waals surface area contributed by atoms with E-state index in [-0.39, 0.29) is 6.04 Å². The molecule has 0 radical (unpaired) electrons. The lowest BCUT2D eigenvalue weighted by atomic mass is 9.95. The molecular weight excluding hydrogens is 232 g/mol. The van der Waals surface area contributed by atoms with E-state index < -0.39 is 0 Å². The zero-order chi connectivity index (χ0) is 13.4. The normalized spacial score (nSPS) is 30.3. The van der Waals surface area contributed by atoms with Crippen LogP contribution in [0.5, 0.6) is 0 Å². The molecule has 0 amide bonds. The molecule has 1 aromatic rings. The van der Waals surface area contributed by atoms with Gasteiger partial charge in [-0.05, 0) is 49.7 Å². The van der Waals surface area contributed by atoms with Crippen LogP contribution < -0.4 is 5.73 Å². The maximum Gasteiger partial charge on any atom is 0.0499 e. The van der Waals surface area contributed by atoms with Crippen molar-refractivity contribution in [2.45, 2.75) is 45.2 Å². The average molecular weight is 258 g/mol. The maximum atomic E-state index is 6.33. The average Bonchev–Trinajstić information content (AvgIpc) is 2.92. The molecular formula is C17H26N2. The molecule has 0 spiro atoms. The molecule has 3 rings (SSSR count). The first-order valence-electron chi connectivity index (χ1n) is 7.72. The minimum absolute atomic E-state index is 0.194. The third-order valence-corrected chi connectivity index (χ3v) is 5.15. The van der Waals surface area contributed by atoms with E-state index in [2.05, 4.69) is 43.0 Å². The molecule has 2 aliphatic rings. The Balaban J connectivity index is 1.84. The molecule has 19 heavy (non-hydrogen) atoms. The molecule has 4 atom stereocenters. The summed E-state index contributed by atoms with van der Waals surface area (Å²) in [6.45, 7) is 6.88. The van der Waals surface area contributed by atoms with Crippen molar-refractivity contribution in [2.75, 3.05) is 13.1 Å². The number of nitrogens with zero attached hydrogens (tertiary/aromatic N) is 1. The Bertz CT molecular complexity index is 429. The third kappa shape index (κ3) is 2.44. The van der Waals surface area contributed by atoms with Crippen molar-refractivity contribution in [3.63, 3.8) is 0 Å². The fourth-order valence-corrected chi connectivity index (χ4v) is 4.23. The Hall–Kier alpha value is -0.860. The third-order valence-electron chi connectivity index (χ3n) is 5.15. The van der Waals surface area contributed by atoms with Gasteiger partial charge in [0.1, 0.15) is 0 Å². The van der Waals surface area contributed by atoms with Gasteiger partial charge >= 0.3 is 0 Å². The predicted octanol–water partition coefficient (Wildman–Crippen LogP) is 3.12. The molecule has 2 fully saturated rings. The van der Waals surface area contributed by atoms with Crippen molar-refractivity contribution in [1.29, 1.82) is 0 Å². The summed E-state index contributed by atoms with van der Waals surface area (Å²) in [6.07, 6.45) is 4.30. The highest BCUT2D eigenvalue weighted by atomic mass is 15.2. The number of benzene rings is 1. The van der Waals surface area contributed by atoms with Crippen LogP contribution in [0.1, 0.15) is 43.4 Å². The van der Waals surface area contributed by atoms with E-state index in [9.17, 15) is 0 Å². The standard InChI is InChI=1S/C17H26N2/c1-12-6-3-4-9-16(12)17(13(2)18)19-10-14-7-5-8-15(14)11-19/h3-4,6,9,13-15,17H,5,7-8,10-11,18H2,1-2H3. The lowest BCUT2D eigenvalue weighted by molar-refractivity contribution is 0.202. The largest absolute Gasteiger partial charge is 0.326 e. The number of nitrogens with two attached hydrogens (primary N) is 1. The van der Waals surface area contributed by atoms with Crippen molar-refractivity contribution < 1.29 is 0 Å². The van der Waals surface area contributed by atoms with Gasteiger partial charge in [0.2, 0.25) is 0 Å². The molecule has 1 heterocycles. The first-order valence-corrected chi connectivity index (χ1v) is 7.72. The molecule has 2 N–H and O–H groups in total. The summed E-state index contributed by atoms with van der Waals surface area (Å²) in [5.41, 5.74) is 9.13. The van der Waals surface area contributed by atoms with Gasteiger partial charge in [-0.15, -0.1) is 0 Å². The van der Waals surface area contributed by atoms with Crippen LogP contribution >= 0.6 is 0 Å². The van der Waals surface area contributed by atoms with Gasteiger partial charge < -0.3 is 5.73 Å². The maximum absolute atomic E-state index is 6.33. The van der Waals surface area contributed by atoms with Crippen molar-refractivity contribution in [1.82, 2.24) is 4.90 Å². The van der Waals surface area contributed by atoms with Crippen LogP contribution in [0, 0.1) is 18.8 Å². The van der Waals surface area contributed by atoms with Crippen molar-refractivity contribution in [2.24, 2.45) is 17.6 Å². The topological polar surface area (TPSA) is 29.3 Å². The second kappa shape index (κ2) is 5.26. The number of aryl methyl sites for hydroxylation is 1. The lowest BCUT2D eigenvalue weighted by Crippen LogP contribution is -2.39. The van der Waals surface area contributed by atoms with Crippen LogP contribution in [0.2, 0.25) is 0 Å². The van der Waals surface area contributed by atoms with Crippen LogP contribution in [0.15, 0.2) is 24.3 Å². The van der Waals surface area contributed by atoms with Crippen LogP contribution in [-0.2, 0) is 0 Å². The van der Waals surface area contributed by atoms with E-state index in [1.807, 2.05) is 0 Å². The minimum Gasteiger partial charge on any atom is -0.326 e. The SMILES string of the molecule is Cc1ccccc1C(C(C)N)N1CC2CCCC2C1. The number of likely N-dealkylation sites (tertiary alicyclic amines) is 1. The van der Waals surface area contributed by atoms with Crippen molar-refractivity contribution in [3.8, 4) is 0 Å². The van der Waals surface area contributed by atoms with Gasteiger partial charge in [0.05, 0.1) is 0 Å². The Morgan fingerprint density at radius 2 is 1.79 bits per heavy atom. The molecule has 2 heteroatoms. The molecule has 104 valence electrons. The summed E-state index contributed by atoms with van der Waals surface area (Å²) in [5, 5.41) is 0. The predicted molar refractivity (Wildman–Crippen MR) is 80.0 cm³/mol. The highest BCUT2D eigenvalue weighted by Crippen LogP contribution is 2.41. The Kier molecular flexibility index (Phi) is 3.64. The summed E-state index contributed by atoms with van der Waals surface area (Å²) >= 11 is 0. The molecule has 1 aromatic carbocycles. The summed E-state index contributed by atoms with van der Waals surface area (Å²) in [5.74, 6) is 1.87. The second-order valence-corrected chi connectivity index (χ2v) is 6.57. The molecule has 0 aromatic heterocycles. The molecule has 1 saturated carbocycles. The van der Waals surface area contributed by atoms with Crippen LogP contribution in [0.4, 0.5) is 0 Å². The van der Waals surface area contributed by atoms with E-state index in [4.69, 9.17) is 5.73 Å². The first kappa shape index (κ1) is 13.1. The van der Waals surface area contributed by atoms with Crippen molar-refractivity contribution >= 4 is 0 Å². The Morgan fingerprint density at radius 3 is 2.37 bits per heavy atom. The number of rotatable bonds is 3. The quantitative estimate of drug-likeness (QED) is 0.902. The first-order chi connectivity index (χ1) is 9.16. The molecule has 1 saturated heterocycles. The lowest BCUT2D eigenvalue weighted by Gasteiger charge is -2.33. The highest BCUT2D eigenvalue weighted by molar-refractivity contribution is 5.30. The monoisotopic (exact) mass is 258 g/mol. The van der Waals surface area contributed by atoms with Gasteiger partial charge in [-0.2, -0.15) is 0 Å². The van der Waals surface area contributed by atoms with E-state index >= 15 is 0 Å². The van der Waals surface area contributed by atoms with Gasteiger partial charge in [0.25, 0.3) is 0 Å². The summed E-state index contributed by atoms with van der Waals surface area (Å²) in [7, 11) is 0. The zero-order valence-electron chi connectivity index (χ0n) is 12.2. The molecule has 1 aliphatic carbocycles. The highest BCUT2D eigenvalue weighted by Gasteiger charge is 2.40. The smallest absolute Gasteiger partial charge is 0.0499 e. The number of fused-ring (bicyclic) bond motifs is 1. The number of hydrogen-bond donors (Lipinski definition) is 1. The molecule has 2 nitrogen and oxygen atoms in total. The van der Waals surface area contributed by atoms with E-state index in [0.717, 1.165) is 11.8 Å². The van der Waals surface area contributed by atoms with Gasteiger partial charge in [0.15, 0.2) is 0 Å². The second-order valence-electron chi connectivity index (χ2n) is 6.57. The number of hydrogen-bond acceptors (Lipinski definition) is 2.